The third-order valence-electron chi connectivity index (χ3n) is 7.94. The van der Waals surface area contributed by atoms with Crippen molar-refractivity contribution < 1.29 is 8.83 Å². The van der Waals surface area contributed by atoms with Gasteiger partial charge in [0.05, 0.1) is 33.8 Å². The minimum absolute atomic E-state index is 0.403. The van der Waals surface area contributed by atoms with E-state index in [1.807, 2.05) is 108 Å². The molecule has 208 valence electrons. The maximum atomic E-state index is 13.0. The maximum Gasteiger partial charge on any atom is 0.347 e. The van der Waals surface area contributed by atoms with Crippen LogP contribution in [-0.2, 0) is 6.42 Å². The third kappa shape index (κ3) is 3.91. The van der Waals surface area contributed by atoms with Gasteiger partial charge in [-0.1, -0.05) is 48.5 Å². The smallest absolute Gasteiger partial charge is 0.347 e. The molecule has 8 nitrogen and oxygen atoms in total. The second-order valence-electron chi connectivity index (χ2n) is 10.7. The van der Waals surface area contributed by atoms with E-state index in [-0.39, 0.29) is 0 Å². The molecule has 0 radical (unpaired) electrons. The van der Waals surface area contributed by atoms with Gasteiger partial charge < -0.3 is 8.83 Å². The molecule has 0 bridgehead atoms. The highest BCUT2D eigenvalue weighted by atomic mass is 16.4. The molecular weight excluding hydrogens is 540 g/mol. The molecule has 0 spiro atoms. The molecule has 0 aliphatic carbocycles. The number of rotatable bonds is 4. The quantitative estimate of drug-likeness (QED) is 0.219. The third-order valence-corrected chi connectivity index (χ3v) is 7.94. The average molecular weight is 565 g/mol. The summed E-state index contributed by atoms with van der Waals surface area (Å²) in [6, 6.07) is 31.3. The normalized spacial score (nSPS) is 11.8. The fourth-order valence-corrected chi connectivity index (χ4v) is 6.01. The first-order valence-corrected chi connectivity index (χ1v) is 14.0. The van der Waals surface area contributed by atoms with Gasteiger partial charge in [-0.15, -0.1) is 0 Å². The minimum Gasteiger partial charge on any atom is -0.422 e. The van der Waals surface area contributed by atoms with E-state index >= 15 is 0 Å². The molecule has 0 saturated carbocycles. The van der Waals surface area contributed by atoms with E-state index < -0.39 is 11.3 Å². The Hall–Kier alpha value is -5.76. The number of hydrogen-bond donors (Lipinski definition) is 0. The Morgan fingerprint density at radius 1 is 0.581 bits per heavy atom. The first kappa shape index (κ1) is 25.0. The van der Waals surface area contributed by atoms with Gasteiger partial charge in [-0.3, -0.25) is 0 Å². The van der Waals surface area contributed by atoms with Gasteiger partial charge >= 0.3 is 11.3 Å². The summed E-state index contributed by atoms with van der Waals surface area (Å²) in [5.74, 6) is 0. The Morgan fingerprint density at radius 2 is 1.00 bits per heavy atom. The zero-order valence-electron chi connectivity index (χ0n) is 23.4. The summed E-state index contributed by atoms with van der Waals surface area (Å²) in [7, 11) is 0. The van der Waals surface area contributed by atoms with Crippen molar-refractivity contribution in [3.63, 3.8) is 0 Å². The van der Waals surface area contributed by atoms with Gasteiger partial charge in [0.1, 0.15) is 21.9 Å². The lowest BCUT2D eigenvalue weighted by Crippen LogP contribution is -2.03. The maximum absolute atomic E-state index is 13.0. The van der Waals surface area contributed by atoms with E-state index in [2.05, 4.69) is 12.1 Å². The largest absolute Gasteiger partial charge is 0.422 e. The first-order chi connectivity index (χ1) is 21.0. The van der Waals surface area contributed by atoms with Crippen LogP contribution >= 0.6 is 0 Å². The summed E-state index contributed by atoms with van der Waals surface area (Å²) in [4.78, 5) is 25.9. The van der Waals surface area contributed by atoms with Crippen molar-refractivity contribution in [1.29, 1.82) is 0 Å². The van der Waals surface area contributed by atoms with Crippen LogP contribution in [0.1, 0.15) is 22.5 Å². The van der Waals surface area contributed by atoms with Crippen molar-refractivity contribution in [2.75, 3.05) is 0 Å². The number of aryl methyl sites for hydroxylation is 2. The fraction of sp³-hybridized carbons (Fsp3) is 0.0857. The molecule has 0 amide bonds. The zero-order valence-corrected chi connectivity index (χ0v) is 23.4. The molecule has 0 atom stereocenters. The summed E-state index contributed by atoms with van der Waals surface area (Å²) in [6.45, 7) is 3.65. The molecule has 0 saturated heterocycles. The lowest BCUT2D eigenvalue weighted by atomic mass is 10.0. The number of para-hydroxylation sites is 2. The number of aromatic nitrogens is 4. The molecule has 8 rings (SSSR count). The van der Waals surface area contributed by atoms with Crippen molar-refractivity contribution in [3.05, 3.63) is 140 Å². The molecule has 4 aromatic carbocycles. The molecule has 8 heteroatoms. The first-order valence-electron chi connectivity index (χ1n) is 14.0. The van der Waals surface area contributed by atoms with Gasteiger partial charge in [0.2, 0.25) is 0 Å². The van der Waals surface area contributed by atoms with Crippen molar-refractivity contribution >= 4 is 43.7 Å². The molecular formula is C35H24N4O4. The molecule has 43 heavy (non-hydrogen) atoms. The lowest BCUT2D eigenvalue weighted by molar-refractivity contribution is 0.569. The average Bonchev–Trinajstić information content (AvgIpc) is 3.57. The van der Waals surface area contributed by atoms with E-state index in [4.69, 9.17) is 19.0 Å². The van der Waals surface area contributed by atoms with Gasteiger partial charge in [-0.25, -0.2) is 19.0 Å². The van der Waals surface area contributed by atoms with Gasteiger partial charge in [0.25, 0.3) is 0 Å². The standard InChI is InChI=1S/C35H24N4O4/c1-20-30-32(38(36-20)24-9-5-3-6-10-24)26-18-22(13-15-28(26)42-34(30)40)17-23-14-16-29-27(19-23)33-31(35(41)43-29)21(2)37-39(33)25-11-7-4-8-12-25/h3-16,18-19H,17H2,1-2H3. The van der Waals surface area contributed by atoms with Gasteiger partial charge in [-0.05, 0) is 79.9 Å². The van der Waals surface area contributed by atoms with E-state index in [9.17, 15) is 9.59 Å². The molecule has 4 heterocycles. The topological polar surface area (TPSA) is 96.1 Å². The fourth-order valence-electron chi connectivity index (χ4n) is 6.01. The summed E-state index contributed by atoms with van der Waals surface area (Å²) in [5.41, 5.74) is 6.67. The molecule has 0 fully saturated rings. The van der Waals surface area contributed by atoms with Gasteiger partial charge in [0.15, 0.2) is 0 Å². The minimum atomic E-state index is -0.403. The van der Waals surface area contributed by atoms with Crippen molar-refractivity contribution in [1.82, 2.24) is 19.6 Å². The van der Waals surface area contributed by atoms with Crippen molar-refractivity contribution in [3.8, 4) is 11.4 Å². The molecule has 0 aliphatic heterocycles. The SMILES string of the molecule is Cc1nn(-c2ccccc2)c2c1c(=O)oc1ccc(Cc3ccc4oc(=O)c5c(C)nn(-c6ccccc6)c5c4c3)cc12. The Bertz CT molecular complexity index is 2310. The molecule has 4 aromatic heterocycles. The van der Waals surface area contributed by atoms with Crippen molar-refractivity contribution in [2.45, 2.75) is 20.3 Å². The summed E-state index contributed by atoms with van der Waals surface area (Å²) in [6.07, 6.45) is 0.601. The predicted molar refractivity (Wildman–Crippen MR) is 167 cm³/mol. The van der Waals surface area contributed by atoms with Crippen LogP contribution in [0.3, 0.4) is 0 Å². The summed E-state index contributed by atoms with van der Waals surface area (Å²) >= 11 is 0. The van der Waals surface area contributed by atoms with E-state index in [1.54, 1.807) is 0 Å². The van der Waals surface area contributed by atoms with Crippen LogP contribution in [-0.4, -0.2) is 19.6 Å². The highest BCUT2D eigenvalue weighted by molar-refractivity contribution is 6.05. The van der Waals surface area contributed by atoms with Crippen LogP contribution in [0.25, 0.3) is 55.1 Å². The van der Waals surface area contributed by atoms with Crippen molar-refractivity contribution in [2.24, 2.45) is 0 Å². The zero-order chi connectivity index (χ0) is 29.2. The number of nitrogens with zero attached hydrogens (tertiary/aromatic N) is 4. The number of benzene rings is 4. The summed E-state index contributed by atoms with van der Waals surface area (Å²) in [5, 5.41) is 12.0. The second kappa shape index (κ2) is 9.39. The lowest BCUT2D eigenvalue weighted by Gasteiger charge is -2.09. The Kier molecular flexibility index (Phi) is 5.46. The van der Waals surface area contributed by atoms with Crippen LogP contribution in [0.2, 0.25) is 0 Å². The second-order valence-corrected chi connectivity index (χ2v) is 10.7. The molecule has 8 aromatic rings. The molecule has 0 aliphatic rings. The van der Waals surface area contributed by atoms with Crippen LogP contribution in [0.15, 0.2) is 115 Å². The Balaban J connectivity index is 1.31. The summed E-state index contributed by atoms with van der Waals surface area (Å²) < 4.78 is 15.1. The van der Waals surface area contributed by atoms with Crippen LogP contribution < -0.4 is 11.3 Å². The van der Waals surface area contributed by atoms with E-state index in [0.717, 1.165) is 44.3 Å². The predicted octanol–water partition coefficient (Wildman–Crippen LogP) is 6.78. The van der Waals surface area contributed by atoms with Crippen LogP contribution in [0.4, 0.5) is 0 Å². The number of fused-ring (bicyclic) bond motifs is 6. The van der Waals surface area contributed by atoms with Crippen LogP contribution in [0, 0.1) is 13.8 Å². The molecule has 0 N–H and O–H groups in total. The Morgan fingerprint density at radius 3 is 1.42 bits per heavy atom. The number of hydrogen-bond acceptors (Lipinski definition) is 6. The van der Waals surface area contributed by atoms with Gasteiger partial charge in [-0.2, -0.15) is 10.2 Å². The highest BCUT2D eigenvalue weighted by Crippen LogP contribution is 2.31. The van der Waals surface area contributed by atoms with Gasteiger partial charge in [0, 0.05) is 10.8 Å². The van der Waals surface area contributed by atoms with E-state index in [1.165, 1.54) is 0 Å². The monoisotopic (exact) mass is 564 g/mol. The highest BCUT2D eigenvalue weighted by Gasteiger charge is 2.20. The Labute approximate surface area is 244 Å². The van der Waals surface area contributed by atoms with Crippen LogP contribution in [0.5, 0.6) is 0 Å². The van der Waals surface area contributed by atoms with E-state index in [0.29, 0.717) is 39.7 Å². The molecule has 0 unspecified atom stereocenters.